The molecule has 29 heavy (non-hydrogen) atoms. The van der Waals surface area contributed by atoms with Crippen molar-refractivity contribution < 1.29 is 18.7 Å². The zero-order valence-corrected chi connectivity index (χ0v) is 15.7. The first kappa shape index (κ1) is 17.5. The molecule has 0 spiro atoms. The molecule has 0 aliphatic heterocycles. The number of hydrogen-bond donors (Lipinski definition) is 0. The third kappa shape index (κ3) is 3.99. The minimum atomic E-state index is 0.505. The molecule has 0 amide bonds. The van der Waals surface area contributed by atoms with Crippen LogP contribution in [0.4, 0.5) is 0 Å². The number of nitrogens with zero attached hydrogens (tertiary/aromatic N) is 1. The van der Waals surface area contributed by atoms with Gasteiger partial charge in [0.25, 0.3) is 0 Å². The van der Waals surface area contributed by atoms with E-state index < -0.39 is 0 Å². The maximum atomic E-state index is 10.9. The molecule has 0 atom stereocenters. The summed E-state index contributed by atoms with van der Waals surface area (Å²) in [6.45, 7) is 0.775. The lowest BCUT2D eigenvalue weighted by molar-refractivity contribution is 0.112. The minimum Gasteiger partial charge on any atom is -0.493 e. The highest BCUT2D eigenvalue weighted by Gasteiger charge is 2.21. The lowest BCUT2D eigenvalue weighted by Crippen LogP contribution is -1.98. The number of benzene rings is 3. The van der Waals surface area contributed by atoms with E-state index in [-0.39, 0.29) is 0 Å². The number of oxazole rings is 1. The normalized spacial score (nSPS) is 13.4. The van der Waals surface area contributed by atoms with Crippen LogP contribution in [-0.2, 0) is 0 Å². The molecule has 1 fully saturated rings. The van der Waals surface area contributed by atoms with Gasteiger partial charge in [-0.05, 0) is 73.4 Å². The predicted molar refractivity (Wildman–Crippen MR) is 110 cm³/mol. The lowest BCUT2D eigenvalue weighted by Gasteiger charge is -2.09. The van der Waals surface area contributed by atoms with Gasteiger partial charge in [-0.1, -0.05) is 6.07 Å². The number of carbonyl (C=O) groups excluding carboxylic acids is 1. The van der Waals surface area contributed by atoms with Crippen LogP contribution in [0.15, 0.2) is 71.1 Å². The average Bonchev–Trinajstić information content (AvgIpc) is 3.49. The number of carbonyl (C=O) groups is 1. The monoisotopic (exact) mass is 385 g/mol. The van der Waals surface area contributed by atoms with Crippen molar-refractivity contribution in [3.8, 4) is 28.7 Å². The molecule has 1 saturated carbocycles. The van der Waals surface area contributed by atoms with Gasteiger partial charge in [0.1, 0.15) is 29.1 Å². The Morgan fingerprint density at radius 2 is 1.79 bits per heavy atom. The molecule has 0 N–H and O–H groups in total. The summed E-state index contributed by atoms with van der Waals surface area (Å²) in [6, 6.07) is 20.4. The minimum absolute atomic E-state index is 0.505. The molecule has 144 valence electrons. The highest BCUT2D eigenvalue weighted by molar-refractivity contribution is 5.84. The maximum absolute atomic E-state index is 10.9. The molecule has 0 bridgehead atoms. The van der Waals surface area contributed by atoms with Crippen LogP contribution in [0.1, 0.15) is 23.2 Å². The molecule has 4 aromatic rings. The molecular weight excluding hydrogens is 366 g/mol. The number of hydrogen-bond acceptors (Lipinski definition) is 5. The molecule has 0 unspecified atom stereocenters. The summed E-state index contributed by atoms with van der Waals surface area (Å²) in [5.74, 6) is 3.49. The van der Waals surface area contributed by atoms with Gasteiger partial charge in [-0.3, -0.25) is 4.79 Å². The summed E-state index contributed by atoms with van der Waals surface area (Å²) in [5.41, 5.74) is 2.71. The third-order valence-electron chi connectivity index (χ3n) is 4.87. The van der Waals surface area contributed by atoms with Gasteiger partial charge in [-0.25, -0.2) is 4.98 Å². The van der Waals surface area contributed by atoms with Crippen molar-refractivity contribution in [2.24, 2.45) is 5.92 Å². The Balaban J connectivity index is 1.31. The van der Waals surface area contributed by atoms with E-state index in [2.05, 4.69) is 4.98 Å². The summed E-state index contributed by atoms with van der Waals surface area (Å²) in [5, 5.41) is 0. The Hall–Kier alpha value is -3.60. The molecule has 1 aliphatic carbocycles. The Bertz CT molecular complexity index is 1160. The van der Waals surface area contributed by atoms with Gasteiger partial charge in [0.15, 0.2) is 5.58 Å². The average molecular weight is 385 g/mol. The van der Waals surface area contributed by atoms with Crippen LogP contribution in [-0.4, -0.2) is 17.9 Å². The summed E-state index contributed by atoms with van der Waals surface area (Å²) < 4.78 is 17.6. The van der Waals surface area contributed by atoms with Gasteiger partial charge in [-0.2, -0.15) is 0 Å². The number of rotatable bonds is 7. The maximum Gasteiger partial charge on any atom is 0.227 e. The first-order valence-corrected chi connectivity index (χ1v) is 9.64. The number of aldehydes is 1. The van der Waals surface area contributed by atoms with Crippen LogP contribution in [0.25, 0.3) is 22.6 Å². The van der Waals surface area contributed by atoms with Crippen molar-refractivity contribution in [2.75, 3.05) is 6.61 Å². The SMILES string of the molecule is O=Cc1ccc2nc(-c3ccc(Oc4cccc(OCC5CC5)c4)cc3)oc2c1. The van der Waals surface area contributed by atoms with Gasteiger partial charge < -0.3 is 13.9 Å². The van der Waals surface area contributed by atoms with Crippen LogP contribution < -0.4 is 9.47 Å². The van der Waals surface area contributed by atoms with Gasteiger partial charge in [0.2, 0.25) is 5.89 Å². The molecule has 0 radical (unpaired) electrons. The first-order chi connectivity index (χ1) is 14.3. The second kappa shape index (κ2) is 7.43. The fourth-order valence-corrected chi connectivity index (χ4v) is 3.07. The molecule has 0 saturated heterocycles. The van der Waals surface area contributed by atoms with Gasteiger partial charge in [-0.15, -0.1) is 0 Å². The molecule has 5 nitrogen and oxygen atoms in total. The molecular formula is C24H19NO4. The first-order valence-electron chi connectivity index (χ1n) is 9.64. The van der Waals surface area contributed by atoms with E-state index in [0.29, 0.717) is 34.2 Å². The molecule has 3 aromatic carbocycles. The quantitative estimate of drug-likeness (QED) is 0.371. The molecule has 5 heteroatoms. The zero-order chi connectivity index (χ0) is 19.6. The van der Waals surface area contributed by atoms with Crippen LogP contribution in [0.2, 0.25) is 0 Å². The molecule has 1 aliphatic rings. The van der Waals surface area contributed by atoms with Crippen LogP contribution in [0.3, 0.4) is 0 Å². The van der Waals surface area contributed by atoms with Gasteiger partial charge in [0.05, 0.1) is 6.61 Å². The lowest BCUT2D eigenvalue weighted by atomic mass is 10.2. The topological polar surface area (TPSA) is 61.6 Å². The summed E-state index contributed by atoms with van der Waals surface area (Å²) in [6.07, 6.45) is 3.32. The van der Waals surface area contributed by atoms with E-state index in [1.54, 1.807) is 18.2 Å². The predicted octanol–water partition coefficient (Wildman–Crippen LogP) is 5.89. The Morgan fingerprint density at radius 3 is 2.59 bits per heavy atom. The largest absolute Gasteiger partial charge is 0.493 e. The fourth-order valence-electron chi connectivity index (χ4n) is 3.07. The molecule has 5 rings (SSSR count). The highest BCUT2D eigenvalue weighted by Crippen LogP contribution is 2.32. The Labute approximate surface area is 167 Å². The van der Waals surface area contributed by atoms with Crippen molar-refractivity contribution in [2.45, 2.75) is 12.8 Å². The number of ether oxygens (including phenoxy) is 2. The second-order valence-corrected chi connectivity index (χ2v) is 7.22. The summed E-state index contributed by atoms with van der Waals surface area (Å²) in [7, 11) is 0. The van der Waals surface area contributed by atoms with Gasteiger partial charge in [0, 0.05) is 17.2 Å². The smallest absolute Gasteiger partial charge is 0.227 e. The fraction of sp³-hybridized carbons (Fsp3) is 0.167. The van der Waals surface area contributed by atoms with Crippen molar-refractivity contribution >= 4 is 17.4 Å². The van der Waals surface area contributed by atoms with Crippen molar-refractivity contribution in [3.05, 3.63) is 72.3 Å². The van der Waals surface area contributed by atoms with Crippen LogP contribution >= 0.6 is 0 Å². The van der Waals surface area contributed by atoms with E-state index in [0.717, 1.165) is 30.0 Å². The van der Waals surface area contributed by atoms with E-state index >= 15 is 0 Å². The highest BCUT2D eigenvalue weighted by atomic mass is 16.5. The van der Waals surface area contributed by atoms with Crippen LogP contribution in [0, 0.1) is 5.92 Å². The van der Waals surface area contributed by atoms with Crippen molar-refractivity contribution in [1.29, 1.82) is 0 Å². The summed E-state index contributed by atoms with van der Waals surface area (Å²) >= 11 is 0. The molecule has 1 aromatic heterocycles. The standard InChI is InChI=1S/C24H19NO4/c26-14-17-6-11-22-23(12-17)29-24(25-22)18-7-9-19(10-8-18)28-21-3-1-2-20(13-21)27-15-16-4-5-16/h1-3,6-14,16H,4-5,15H2. The van der Waals surface area contributed by atoms with E-state index in [1.165, 1.54) is 12.8 Å². The zero-order valence-electron chi connectivity index (χ0n) is 15.7. The van der Waals surface area contributed by atoms with E-state index in [1.807, 2.05) is 48.5 Å². The van der Waals surface area contributed by atoms with E-state index in [4.69, 9.17) is 13.9 Å². The van der Waals surface area contributed by atoms with Crippen molar-refractivity contribution in [1.82, 2.24) is 4.98 Å². The Morgan fingerprint density at radius 1 is 0.966 bits per heavy atom. The molecule has 1 heterocycles. The Kier molecular flexibility index (Phi) is 4.48. The third-order valence-corrected chi connectivity index (χ3v) is 4.87. The number of aromatic nitrogens is 1. The van der Waals surface area contributed by atoms with Gasteiger partial charge >= 0.3 is 0 Å². The van der Waals surface area contributed by atoms with Crippen LogP contribution in [0.5, 0.6) is 17.2 Å². The number of fused-ring (bicyclic) bond motifs is 1. The van der Waals surface area contributed by atoms with Crippen molar-refractivity contribution in [3.63, 3.8) is 0 Å². The second-order valence-electron chi connectivity index (χ2n) is 7.22. The van der Waals surface area contributed by atoms with E-state index in [9.17, 15) is 4.79 Å². The summed E-state index contributed by atoms with van der Waals surface area (Å²) in [4.78, 5) is 15.4.